The fourth-order valence-electron chi connectivity index (χ4n) is 3.16. The zero-order valence-corrected chi connectivity index (χ0v) is 14.5. The maximum Gasteiger partial charge on any atom is 0.124 e. The minimum Gasteiger partial charge on any atom is -0.487 e. The van der Waals surface area contributed by atoms with Gasteiger partial charge < -0.3 is 10.1 Å². The van der Waals surface area contributed by atoms with Crippen LogP contribution in [0.5, 0.6) is 5.75 Å². The number of fused-ring (bicyclic) bond motifs is 1. The molecular formula is C20H26N2O. The maximum atomic E-state index is 6.18. The van der Waals surface area contributed by atoms with Crippen molar-refractivity contribution >= 4 is 0 Å². The second kappa shape index (κ2) is 6.32. The Morgan fingerprint density at radius 1 is 1.30 bits per heavy atom. The minimum atomic E-state index is -0.154. The van der Waals surface area contributed by atoms with Crippen molar-refractivity contribution in [3.05, 3.63) is 59.4 Å². The van der Waals surface area contributed by atoms with Gasteiger partial charge in [0.1, 0.15) is 11.4 Å². The molecule has 0 radical (unpaired) electrons. The minimum absolute atomic E-state index is 0.154. The van der Waals surface area contributed by atoms with Crippen LogP contribution in [-0.4, -0.2) is 10.6 Å². The summed E-state index contributed by atoms with van der Waals surface area (Å²) in [5.74, 6) is 1.53. The van der Waals surface area contributed by atoms with Crippen LogP contribution in [0.3, 0.4) is 0 Å². The number of nitrogens with one attached hydrogen (secondary N) is 1. The number of rotatable bonds is 4. The van der Waals surface area contributed by atoms with E-state index in [0.717, 1.165) is 18.7 Å². The highest BCUT2D eigenvalue weighted by Crippen LogP contribution is 2.40. The first kappa shape index (κ1) is 16.0. The summed E-state index contributed by atoms with van der Waals surface area (Å²) < 4.78 is 6.18. The highest BCUT2D eigenvalue weighted by molar-refractivity contribution is 5.42. The number of hydrogen-bond acceptors (Lipinski definition) is 3. The van der Waals surface area contributed by atoms with Gasteiger partial charge in [-0.25, -0.2) is 0 Å². The molecule has 23 heavy (non-hydrogen) atoms. The third kappa shape index (κ3) is 3.73. The summed E-state index contributed by atoms with van der Waals surface area (Å²) in [5, 5.41) is 3.70. The van der Waals surface area contributed by atoms with Gasteiger partial charge in [-0.1, -0.05) is 32.0 Å². The molecule has 1 atom stereocenters. The Morgan fingerprint density at radius 2 is 2.13 bits per heavy atom. The monoisotopic (exact) mass is 310 g/mol. The van der Waals surface area contributed by atoms with Crippen molar-refractivity contribution in [2.24, 2.45) is 0 Å². The van der Waals surface area contributed by atoms with Gasteiger partial charge in [-0.05, 0) is 43.0 Å². The van der Waals surface area contributed by atoms with Crippen molar-refractivity contribution in [3.63, 3.8) is 0 Å². The topological polar surface area (TPSA) is 34.2 Å². The van der Waals surface area contributed by atoms with E-state index in [1.165, 1.54) is 16.7 Å². The molecule has 1 aliphatic heterocycles. The Morgan fingerprint density at radius 3 is 2.83 bits per heavy atom. The van der Waals surface area contributed by atoms with E-state index >= 15 is 0 Å². The molecule has 1 N–H and O–H groups in total. The quantitative estimate of drug-likeness (QED) is 0.896. The third-order valence-corrected chi connectivity index (χ3v) is 4.43. The van der Waals surface area contributed by atoms with Crippen molar-refractivity contribution in [1.29, 1.82) is 0 Å². The summed E-state index contributed by atoms with van der Waals surface area (Å²) in [6, 6.07) is 11.0. The summed E-state index contributed by atoms with van der Waals surface area (Å²) in [5.41, 5.74) is 3.69. The van der Waals surface area contributed by atoms with E-state index in [1.807, 2.05) is 18.5 Å². The second-order valence-electron chi connectivity index (χ2n) is 7.31. The molecule has 1 aromatic heterocycles. The molecule has 3 nitrogen and oxygen atoms in total. The highest BCUT2D eigenvalue weighted by atomic mass is 16.5. The predicted octanol–water partition coefficient (Wildman–Crippen LogP) is 4.60. The average molecular weight is 310 g/mol. The SMILES string of the molecule is CC(C)c1ccc2c(c1)C(NCc1cccnc1)CC(C)(C)O2. The summed E-state index contributed by atoms with van der Waals surface area (Å²) in [4.78, 5) is 4.19. The van der Waals surface area contributed by atoms with Crippen LogP contribution in [0.25, 0.3) is 0 Å². The van der Waals surface area contributed by atoms with Crippen LogP contribution >= 0.6 is 0 Å². The Hall–Kier alpha value is -1.87. The van der Waals surface area contributed by atoms with Gasteiger partial charge in [0.25, 0.3) is 0 Å². The lowest BCUT2D eigenvalue weighted by Crippen LogP contribution is -2.39. The van der Waals surface area contributed by atoms with E-state index in [9.17, 15) is 0 Å². The van der Waals surface area contributed by atoms with Crippen LogP contribution < -0.4 is 10.1 Å². The molecule has 0 bridgehead atoms. The first-order chi connectivity index (χ1) is 10.9. The van der Waals surface area contributed by atoms with Crippen molar-refractivity contribution in [1.82, 2.24) is 10.3 Å². The van der Waals surface area contributed by atoms with Gasteiger partial charge in [0.2, 0.25) is 0 Å². The third-order valence-electron chi connectivity index (χ3n) is 4.43. The normalized spacial score (nSPS) is 19.3. The number of ether oxygens (including phenoxy) is 1. The largest absolute Gasteiger partial charge is 0.487 e. The number of nitrogens with zero attached hydrogens (tertiary/aromatic N) is 1. The van der Waals surface area contributed by atoms with Gasteiger partial charge in [-0.2, -0.15) is 0 Å². The first-order valence-corrected chi connectivity index (χ1v) is 8.40. The average Bonchev–Trinajstić information content (AvgIpc) is 2.52. The van der Waals surface area contributed by atoms with Gasteiger partial charge in [-0.3, -0.25) is 4.98 Å². The molecule has 1 unspecified atom stereocenters. The molecule has 3 rings (SSSR count). The molecule has 1 aromatic carbocycles. The van der Waals surface area contributed by atoms with E-state index < -0.39 is 0 Å². The Balaban J connectivity index is 1.86. The fourth-order valence-corrected chi connectivity index (χ4v) is 3.16. The predicted molar refractivity (Wildman–Crippen MR) is 93.7 cm³/mol. The highest BCUT2D eigenvalue weighted by Gasteiger charge is 2.33. The van der Waals surface area contributed by atoms with Gasteiger partial charge in [0.15, 0.2) is 0 Å². The van der Waals surface area contributed by atoms with Crippen LogP contribution in [0.2, 0.25) is 0 Å². The Kier molecular flexibility index (Phi) is 4.40. The van der Waals surface area contributed by atoms with Crippen LogP contribution in [0.1, 0.15) is 62.8 Å². The molecule has 122 valence electrons. The molecule has 0 saturated heterocycles. The van der Waals surface area contributed by atoms with Gasteiger partial charge in [-0.15, -0.1) is 0 Å². The van der Waals surface area contributed by atoms with Crippen LogP contribution in [-0.2, 0) is 6.54 Å². The number of hydrogen-bond donors (Lipinski definition) is 1. The number of aromatic nitrogens is 1. The van der Waals surface area contributed by atoms with E-state index in [1.54, 1.807) is 0 Å². The Bertz CT molecular complexity index is 665. The van der Waals surface area contributed by atoms with Gasteiger partial charge in [0.05, 0.1) is 0 Å². The van der Waals surface area contributed by atoms with Crippen molar-refractivity contribution in [3.8, 4) is 5.75 Å². The summed E-state index contributed by atoms with van der Waals surface area (Å²) >= 11 is 0. The van der Waals surface area contributed by atoms with Gasteiger partial charge >= 0.3 is 0 Å². The standard InChI is InChI=1S/C20H26N2O/c1-14(2)16-7-8-19-17(10-16)18(11-20(3,4)23-19)22-13-15-6-5-9-21-12-15/h5-10,12,14,18,22H,11,13H2,1-4H3. The molecule has 2 heterocycles. The van der Waals surface area contributed by atoms with E-state index in [4.69, 9.17) is 4.74 Å². The lowest BCUT2D eigenvalue weighted by atomic mass is 9.87. The van der Waals surface area contributed by atoms with E-state index in [-0.39, 0.29) is 5.60 Å². The molecule has 2 aromatic rings. The molecule has 0 spiro atoms. The van der Waals surface area contributed by atoms with Crippen molar-refractivity contribution < 1.29 is 4.74 Å². The summed E-state index contributed by atoms with van der Waals surface area (Å²) in [6.45, 7) is 9.59. The lowest BCUT2D eigenvalue weighted by molar-refractivity contribution is 0.0656. The molecule has 1 aliphatic rings. The molecular weight excluding hydrogens is 284 g/mol. The van der Waals surface area contributed by atoms with E-state index in [0.29, 0.717) is 12.0 Å². The summed E-state index contributed by atoms with van der Waals surface area (Å²) in [6.07, 6.45) is 4.69. The van der Waals surface area contributed by atoms with Crippen molar-refractivity contribution in [2.75, 3.05) is 0 Å². The molecule has 3 heteroatoms. The fraction of sp³-hybridized carbons (Fsp3) is 0.450. The number of benzene rings is 1. The molecule has 0 aliphatic carbocycles. The zero-order chi connectivity index (χ0) is 16.4. The lowest BCUT2D eigenvalue weighted by Gasteiger charge is -2.38. The van der Waals surface area contributed by atoms with Crippen molar-refractivity contribution in [2.45, 2.75) is 58.2 Å². The van der Waals surface area contributed by atoms with E-state index in [2.05, 4.69) is 62.3 Å². The van der Waals surface area contributed by atoms with Crippen LogP contribution in [0, 0.1) is 0 Å². The molecule has 0 saturated carbocycles. The number of pyridine rings is 1. The maximum absolute atomic E-state index is 6.18. The second-order valence-corrected chi connectivity index (χ2v) is 7.31. The smallest absolute Gasteiger partial charge is 0.124 e. The zero-order valence-electron chi connectivity index (χ0n) is 14.5. The van der Waals surface area contributed by atoms with Crippen LogP contribution in [0.4, 0.5) is 0 Å². The molecule has 0 fully saturated rings. The van der Waals surface area contributed by atoms with Gasteiger partial charge in [0, 0.05) is 37.0 Å². The van der Waals surface area contributed by atoms with Crippen LogP contribution in [0.15, 0.2) is 42.7 Å². The Labute approximate surface area is 139 Å². The first-order valence-electron chi connectivity index (χ1n) is 8.40. The molecule has 0 amide bonds. The summed E-state index contributed by atoms with van der Waals surface area (Å²) in [7, 11) is 0.